The summed E-state index contributed by atoms with van der Waals surface area (Å²) in [6, 6.07) is 0. The molecule has 0 aromatic carbocycles. The Labute approximate surface area is 81.0 Å². The lowest BCUT2D eigenvalue weighted by Gasteiger charge is -2.08. The Kier molecular flexibility index (Phi) is 5.12. The molecule has 0 saturated carbocycles. The Hall–Kier alpha value is -1.05. The van der Waals surface area contributed by atoms with Crippen LogP contribution in [-0.2, 0) is 0 Å². The van der Waals surface area contributed by atoms with E-state index in [0.717, 1.165) is 22.6 Å². The fourth-order valence-electron chi connectivity index (χ4n) is 1.12. The van der Waals surface area contributed by atoms with Gasteiger partial charge in [0.2, 0.25) is 0 Å². The minimum atomic E-state index is 0.956. The van der Waals surface area contributed by atoms with Gasteiger partial charge in [-0.25, -0.2) is 0 Å². The summed E-state index contributed by atoms with van der Waals surface area (Å²) in [5, 5.41) is 0. The summed E-state index contributed by atoms with van der Waals surface area (Å²) in [5.74, 6) is 0.956. The van der Waals surface area contributed by atoms with Gasteiger partial charge in [0.05, 0.1) is 7.11 Å². The number of rotatable bonds is 1. The van der Waals surface area contributed by atoms with Crippen LogP contribution in [0.1, 0.15) is 30.7 Å². The van der Waals surface area contributed by atoms with Gasteiger partial charge in [-0.15, -0.1) is 0 Å². The highest BCUT2D eigenvalue weighted by molar-refractivity contribution is 5.40. The van der Waals surface area contributed by atoms with Crippen LogP contribution < -0.4 is 4.74 Å². The number of nitrogens with zero attached hydrogens (tertiary/aromatic N) is 1. The summed E-state index contributed by atoms with van der Waals surface area (Å²) >= 11 is 0. The van der Waals surface area contributed by atoms with Crippen molar-refractivity contribution >= 4 is 0 Å². The molecule has 0 fully saturated rings. The van der Waals surface area contributed by atoms with E-state index in [9.17, 15) is 0 Å². The first-order chi connectivity index (χ1) is 6.16. The van der Waals surface area contributed by atoms with Crippen LogP contribution in [0, 0.1) is 20.8 Å². The molecule has 1 aromatic heterocycles. The van der Waals surface area contributed by atoms with Crippen LogP contribution in [0.2, 0.25) is 0 Å². The van der Waals surface area contributed by atoms with Crippen molar-refractivity contribution in [2.24, 2.45) is 0 Å². The first-order valence-corrected chi connectivity index (χ1v) is 4.63. The summed E-state index contributed by atoms with van der Waals surface area (Å²) in [5.41, 5.74) is 3.26. The van der Waals surface area contributed by atoms with Crippen LogP contribution >= 0.6 is 0 Å². The molecule has 0 amide bonds. The van der Waals surface area contributed by atoms with Crippen molar-refractivity contribution in [2.45, 2.75) is 34.6 Å². The highest BCUT2D eigenvalue weighted by atomic mass is 16.5. The quantitative estimate of drug-likeness (QED) is 0.664. The third-order valence-corrected chi connectivity index (χ3v) is 1.90. The summed E-state index contributed by atoms with van der Waals surface area (Å²) in [4.78, 5) is 4.21. The van der Waals surface area contributed by atoms with Crippen molar-refractivity contribution in [3.63, 3.8) is 0 Å². The summed E-state index contributed by atoms with van der Waals surface area (Å²) in [6.45, 7) is 10.0. The van der Waals surface area contributed by atoms with E-state index in [0.29, 0.717) is 0 Å². The van der Waals surface area contributed by atoms with Crippen LogP contribution in [-0.4, -0.2) is 12.1 Å². The van der Waals surface area contributed by atoms with Crippen molar-refractivity contribution in [1.82, 2.24) is 4.98 Å². The van der Waals surface area contributed by atoms with Gasteiger partial charge >= 0.3 is 0 Å². The zero-order valence-corrected chi connectivity index (χ0v) is 9.43. The summed E-state index contributed by atoms with van der Waals surface area (Å²) < 4.78 is 5.22. The third kappa shape index (κ3) is 2.72. The Bertz CT molecular complexity index is 269. The molecule has 2 nitrogen and oxygen atoms in total. The van der Waals surface area contributed by atoms with E-state index in [-0.39, 0.29) is 0 Å². The van der Waals surface area contributed by atoms with Crippen molar-refractivity contribution in [3.8, 4) is 5.75 Å². The molecule has 0 radical (unpaired) electrons. The molecular weight excluding hydrogens is 162 g/mol. The number of ether oxygens (including phenoxy) is 1. The lowest BCUT2D eigenvalue weighted by Crippen LogP contribution is -1.95. The van der Waals surface area contributed by atoms with Crippen molar-refractivity contribution in [2.75, 3.05) is 7.11 Å². The van der Waals surface area contributed by atoms with E-state index >= 15 is 0 Å². The van der Waals surface area contributed by atoms with E-state index in [1.165, 1.54) is 0 Å². The van der Waals surface area contributed by atoms with Gasteiger partial charge in [0.25, 0.3) is 0 Å². The molecule has 0 atom stereocenters. The first-order valence-electron chi connectivity index (χ1n) is 4.63. The molecule has 1 aromatic rings. The maximum absolute atomic E-state index is 5.22. The molecule has 1 heterocycles. The third-order valence-electron chi connectivity index (χ3n) is 1.90. The Morgan fingerprint density at radius 3 is 2.08 bits per heavy atom. The largest absolute Gasteiger partial charge is 0.496 e. The fourth-order valence-corrected chi connectivity index (χ4v) is 1.12. The highest BCUT2D eigenvalue weighted by Crippen LogP contribution is 2.22. The second kappa shape index (κ2) is 5.57. The average molecular weight is 181 g/mol. The summed E-state index contributed by atoms with van der Waals surface area (Å²) in [6.07, 6.45) is 1.83. The average Bonchev–Trinajstić information content (AvgIpc) is 2.16. The zero-order chi connectivity index (χ0) is 10.4. The van der Waals surface area contributed by atoms with Crippen molar-refractivity contribution < 1.29 is 4.74 Å². The molecule has 0 unspecified atom stereocenters. The molecule has 13 heavy (non-hydrogen) atoms. The molecule has 0 bridgehead atoms. The second-order valence-corrected chi connectivity index (χ2v) is 2.68. The molecule has 1 rings (SSSR count). The molecule has 0 aliphatic carbocycles. The number of hydrogen-bond donors (Lipinski definition) is 0. The van der Waals surface area contributed by atoms with Gasteiger partial charge in [-0.05, 0) is 20.8 Å². The molecule has 0 aliphatic rings. The van der Waals surface area contributed by atoms with E-state index in [2.05, 4.69) is 4.98 Å². The standard InChI is InChI=1S/C9H13NO.C2H6/c1-6-5-10-8(3)7(2)9(6)11-4;1-2/h5H,1-4H3;1-2H3. The maximum Gasteiger partial charge on any atom is 0.128 e. The molecular formula is C11H19NO. The van der Waals surface area contributed by atoms with E-state index in [4.69, 9.17) is 4.74 Å². The predicted octanol–water partition coefficient (Wildman–Crippen LogP) is 3.04. The van der Waals surface area contributed by atoms with Crippen LogP contribution in [0.3, 0.4) is 0 Å². The van der Waals surface area contributed by atoms with Crippen LogP contribution in [0.15, 0.2) is 6.20 Å². The van der Waals surface area contributed by atoms with E-state index in [1.807, 2.05) is 40.8 Å². The Morgan fingerprint density at radius 2 is 1.69 bits per heavy atom. The molecule has 0 saturated heterocycles. The van der Waals surface area contributed by atoms with Gasteiger partial charge in [0.1, 0.15) is 5.75 Å². The number of methoxy groups -OCH3 is 1. The zero-order valence-electron chi connectivity index (χ0n) is 9.43. The normalized spacial score (nSPS) is 8.77. The topological polar surface area (TPSA) is 22.1 Å². The van der Waals surface area contributed by atoms with Gasteiger partial charge < -0.3 is 4.74 Å². The molecule has 2 heteroatoms. The van der Waals surface area contributed by atoms with Gasteiger partial charge in [0.15, 0.2) is 0 Å². The highest BCUT2D eigenvalue weighted by Gasteiger charge is 2.04. The Balaban J connectivity index is 0.000000671. The van der Waals surface area contributed by atoms with Crippen LogP contribution in [0.5, 0.6) is 5.75 Å². The molecule has 0 spiro atoms. The number of aromatic nitrogens is 1. The number of pyridine rings is 1. The first kappa shape index (κ1) is 11.9. The van der Waals surface area contributed by atoms with Gasteiger partial charge in [-0.1, -0.05) is 13.8 Å². The van der Waals surface area contributed by atoms with E-state index < -0.39 is 0 Å². The van der Waals surface area contributed by atoms with Gasteiger partial charge in [-0.2, -0.15) is 0 Å². The minimum Gasteiger partial charge on any atom is -0.496 e. The fraction of sp³-hybridized carbons (Fsp3) is 0.545. The number of aryl methyl sites for hydroxylation is 2. The van der Waals surface area contributed by atoms with Crippen molar-refractivity contribution in [3.05, 3.63) is 23.0 Å². The van der Waals surface area contributed by atoms with Gasteiger partial charge in [-0.3, -0.25) is 4.98 Å². The Morgan fingerprint density at radius 1 is 1.15 bits per heavy atom. The minimum absolute atomic E-state index is 0.956. The maximum atomic E-state index is 5.22. The van der Waals surface area contributed by atoms with E-state index in [1.54, 1.807) is 7.11 Å². The lowest BCUT2D eigenvalue weighted by atomic mass is 10.1. The molecule has 0 aliphatic heterocycles. The smallest absolute Gasteiger partial charge is 0.128 e. The lowest BCUT2D eigenvalue weighted by molar-refractivity contribution is 0.407. The molecule has 0 N–H and O–H groups in total. The van der Waals surface area contributed by atoms with Crippen LogP contribution in [0.4, 0.5) is 0 Å². The molecule has 74 valence electrons. The number of hydrogen-bond acceptors (Lipinski definition) is 2. The summed E-state index contributed by atoms with van der Waals surface area (Å²) in [7, 11) is 1.69. The van der Waals surface area contributed by atoms with Crippen LogP contribution in [0.25, 0.3) is 0 Å². The van der Waals surface area contributed by atoms with Gasteiger partial charge in [0, 0.05) is 23.0 Å². The monoisotopic (exact) mass is 181 g/mol. The van der Waals surface area contributed by atoms with Crippen molar-refractivity contribution in [1.29, 1.82) is 0 Å². The predicted molar refractivity (Wildman–Crippen MR) is 56.3 cm³/mol. The second-order valence-electron chi connectivity index (χ2n) is 2.68. The SMILES string of the molecule is CC.COc1c(C)cnc(C)c1C.